The van der Waals surface area contributed by atoms with Crippen LogP contribution in [0, 0.1) is 18.3 Å². The normalized spacial score (nSPS) is 15.3. The predicted octanol–water partition coefficient (Wildman–Crippen LogP) is 0.420. The molecule has 0 unspecified atom stereocenters. The van der Waals surface area contributed by atoms with Crippen molar-refractivity contribution in [3.63, 3.8) is 0 Å². The fourth-order valence-electron chi connectivity index (χ4n) is 1.35. The summed E-state index contributed by atoms with van der Waals surface area (Å²) in [6, 6.07) is 0. The average Bonchev–Trinajstić information content (AvgIpc) is 2.86. The van der Waals surface area contributed by atoms with Crippen LogP contribution >= 0.6 is 0 Å². The lowest BCUT2D eigenvalue weighted by atomic mass is 10.3. The van der Waals surface area contributed by atoms with E-state index in [9.17, 15) is 4.79 Å². The molecule has 0 N–H and O–H groups in total. The molecule has 0 aromatic rings. The van der Waals surface area contributed by atoms with Crippen molar-refractivity contribution in [3.8, 4) is 12.3 Å². The molecule has 1 saturated carbocycles. The zero-order valence-electron chi connectivity index (χ0n) is 8.99. The summed E-state index contributed by atoms with van der Waals surface area (Å²) in [7, 11) is 3.78. The summed E-state index contributed by atoms with van der Waals surface area (Å²) in [5, 5.41) is 0. The van der Waals surface area contributed by atoms with Gasteiger partial charge in [0.25, 0.3) is 0 Å². The summed E-state index contributed by atoms with van der Waals surface area (Å²) in [5.41, 5.74) is 0. The van der Waals surface area contributed by atoms with Gasteiger partial charge in [-0.1, -0.05) is 5.92 Å². The molecule has 0 bridgehead atoms. The minimum atomic E-state index is 0.139. The number of hydrogen-bond acceptors (Lipinski definition) is 2. The monoisotopic (exact) mass is 194 g/mol. The molecule has 0 radical (unpaired) electrons. The topological polar surface area (TPSA) is 23.6 Å². The first-order valence-electron chi connectivity index (χ1n) is 4.99. The highest BCUT2D eigenvalue weighted by Gasteiger charge is 2.26. The molecule has 1 rings (SSSR count). The summed E-state index contributed by atoms with van der Waals surface area (Å²) >= 11 is 0. The Hall–Kier alpha value is -1.01. The van der Waals surface area contributed by atoms with E-state index in [1.807, 2.05) is 19.0 Å². The summed E-state index contributed by atoms with van der Waals surface area (Å²) in [5.74, 6) is 3.38. The van der Waals surface area contributed by atoms with E-state index in [0.717, 1.165) is 6.54 Å². The van der Waals surface area contributed by atoms with Crippen molar-refractivity contribution >= 4 is 5.91 Å². The Morgan fingerprint density at radius 3 is 2.57 bits per heavy atom. The lowest BCUT2D eigenvalue weighted by Gasteiger charge is -2.21. The van der Waals surface area contributed by atoms with Crippen LogP contribution in [0.5, 0.6) is 0 Å². The van der Waals surface area contributed by atoms with E-state index in [-0.39, 0.29) is 5.91 Å². The van der Waals surface area contributed by atoms with Crippen LogP contribution in [0.25, 0.3) is 0 Å². The Labute approximate surface area is 86.1 Å². The van der Waals surface area contributed by atoms with E-state index in [0.29, 0.717) is 19.0 Å². The molecule has 1 aliphatic carbocycles. The number of hydrogen-bond donors (Lipinski definition) is 0. The minimum Gasteiger partial charge on any atom is -0.330 e. The lowest BCUT2D eigenvalue weighted by Crippen LogP contribution is -2.39. The fourth-order valence-corrected chi connectivity index (χ4v) is 1.35. The van der Waals surface area contributed by atoms with Crippen molar-refractivity contribution in [2.75, 3.05) is 33.7 Å². The molecule has 1 amide bonds. The maximum absolute atomic E-state index is 11.7. The number of rotatable bonds is 5. The molecular weight excluding hydrogens is 176 g/mol. The second-order valence-electron chi connectivity index (χ2n) is 4.16. The zero-order valence-corrected chi connectivity index (χ0v) is 8.99. The van der Waals surface area contributed by atoms with E-state index >= 15 is 0 Å². The van der Waals surface area contributed by atoms with E-state index in [2.05, 4.69) is 5.92 Å². The molecule has 0 atom stereocenters. The van der Waals surface area contributed by atoms with Crippen molar-refractivity contribution in [1.29, 1.82) is 0 Å². The fraction of sp³-hybridized carbons (Fsp3) is 0.727. The summed E-state index contributed by atoms with van der Waals surface area (Å²) in [6.07, 6.45) is 7.73. The van der Waals surface area contributed by atoms with Crippen molar-refractivity contribution in [3.05, 3.63) is 0 Å². The molecule has 0 aromatic carbocycles. The quantitative estimate of drug-likeness (QED) is 0.592. The van der Waals surface area contributed by atoms with Gasteiger partial charge in [0.15, 0.2) is 0 Å². The van der Waals surface area contributed by atoms with Gasteiger partial charge < -0.3 is 9.80 Å². The van der Waals surface area contributed by atoms with Gasteiger partial charge in [-0.15, -0.1) is 6.42 Å². The number of amides is 1. The van der Waals surface area contributed by atoms with E-state index in [1.165, 1.54) is 12.8 Å². The molecule has 0 aromatic heterocycles. The van der Waals surface area contributed by atoms with Crippen LogP contribution in [0.4, 0.5) is 0 Å². The number of likely N-dealkylation sites (N-methyl/N-ethyl adjacent to an activating group) is 1. The van der Waals surface area contributed by atoms with Crippen LogP contribution in [0.3, 0.4) is 0 Å². The van der Waals surface area contributed by atoms with Gasteiger partial charge in [0, 0.05) is 6.54 Å². The third-order valence-electron chi connectivity index (χ3n) is 2.26. The van der Waals surface area contributed by atoms with Gasteiger partial charge >= 0.3 is 0 Å². The highest BCUT2D eigenvalue weighted by atomic mass is 16.2. The Balaban J connectivity index is 2.39. The van der Waals surface area contributed by atoms with Crippen molar-refractivity contribution in [1.82, 2.24) is 9.80 Å². The van der Waals surface area contributed by atoms with Crippen LogP contribution in [-0.2, 0) is 4.79 Å². The Kier molecular flexibility index (Phi) is 3.97. The second-order valence-corrected chi connectivity index (χ2v) is 4.16. The molecule has 1 aliphatic rings. The van der Waals surface area contributed by atoms with E-state index in [4.69, 9.17) is 6.42 Å². The molecule has 78 valence electrons. The standard InChI is InChI=1S/C11H18N2O/c1-4-7-13(8-10-5-6-10)11(14)9-12(2)3/h1,10H,5-9H2,2-3H3. The summed E-state index contributed by atoms with van der Waals surface area (Å²) in [4.78, 5) is 15.4. The number of carbonyl (C=O) groups excluding carboxylic acids is 1. The van der Waals surface area contributed by atoms with E-state index in [1.54, 1.807) is 4.90 Å². The SMILES string of the molecule is C#CCN(CC1CC1)C(=O)CN(C)C. The molecule has 0 aliphatic heterocycles. The van der Waals surface area contributed by atoms with Crippen LogP contribution in [-0.4, -0.2) is 49.4 Å². The maximum atomic E-state index is 11.7. The summed E-state index contributed by atoms with van der Waals surface area (Å²) < 4.78 is 0. The maximum Gasteiger partial charge on any atom is 0.237 e. The third-order valence-corrected chi connectivity index (χ3v) is 2.26. The van der Waals surface area contributed by atoms with Crippen LogP contribution < -0.4 is 0 Å². The van der Waals surface area contributed by atoms with E-state index < -0.39 is 0 Å². The lowest BCUT2D eigenvalue weighted by molar-refractivity contribution is -0.131. The molecule has 3 nitrogen and oxygen atoms in total. The van der Waals surface area contributed by atoms with Crippen LogP contribution in [0.15, 0.2) is 0 Å². The highest BCUT2D eigenvalue weighted by molar-refractivity contribution is 5.78. The predicted molar refractivity (Wildman–Crippen MR) is 56.7 cm³/mol. The largest absolute Gasteiger partial charge is 0.330 e. The molecule has 14 heavy (non-hydrogen) atoms. The third kappa shape index (κ3) is 3.80. The van der Waals surface area contributed by atoms with Crippen molar-refractivity contribution in [2.45, 2.75) is 12.8 Å². The average molecular weight is 194 g/mol. The Morgan fingerprint density at radius 2 is 2.14 bits per heavy atom. The van der Waals surface area contributed by atoms with Gasteiger partial charge in [0.05, 0.1) is 13.1 Å². The van der Waals surface area contributed by atoms with Crippen LogP contribution in [0.1, 0.15) is 12.8 Å². The minimum absolute atomic E-state index is 0.139. The van der Waals surface area contributed by atoms with Crippen molar-refractivity contribution in [2.24, 2.45) is 5.92 Å². The summed E-state index contributed by atoms with van der Waals surface area (Å²) in [6.45, 7) is 1.74. The highest BCUT2D eigenvalue weighted by Crippen LogP contribution is 2.29. The molecular formula is C11H18N2O. The first kappa shape index (κ1) is 11.1. The first-order valence-corrected chi connectivity index (χ1v) is 4.99. The van der Waals surface area contributed by atoms with Gasteiger partial charge in [0.2, 0.25) is 5.91 Å². The molecule has 3 heteroatoms. The van der Waals surface area contributed by atoms with Gasteiger partial charge in [-0.25, -0.2) is 0 Å². The second kappa shape index (κ2) is 5.02. The molecule has 0 heterocycles. The Morgan fingerprint density at radius 1 is 1.50 bits per heavy atom. The molecule has 1 fully saturated rings. The van der Waals surface area contributed by atoms with Gasteiger partial charge in [0.1, 0.15) is 0 Å². The first-order chi connectivity index (χ1) is 6.63. The smallest absolute Gasteiger partial charge is 0.237 e. The van der Waals surface area contributed by atoms with Gasteiger partial charge in [-0.3, -0.25) is 4.79 Å². The van der Waals surface area contributed by atoms with Crippen LogP contribution in [0.2, 0.25) is 0 Å². The zero-order chi connectivity index (χ0) is 10.6. The number of terminal acetylenes is 1. The molecule has 0 spiro atoms. The Bertz CT molecular complexity index is 238. The van der Waals surface area contributed by atoms with Gasteiger partial charge in [-0.2, -0.15) is 0 Å². The van der Waals surface area contributed by atoms with Crippen molar-refractivity contribution < 1.29 is 4.79 Å². The van der Waals surface area contributed by atoms with Gasteiger partial charge in [-0.05, 0) is 32.9 Å². The number of nitrogens with zero attached hydrogens (tertiary/aromatic N) is 2. The molecule has 0 saturated heterocycles. The number of carbonyl (C=O) groups is 1.